The predicted octanol–water partition coefficient (Wildman–Crippen LogP) is 1.67. The van der Waals surface area contributed by atoms with Gasteiger partial charge in [-0.2, -0.15) is 0 Å². The number of hydroxylamine groups is 1. The first kappa shape index (κ1) is 9.96. The molecule has 0 bridgehead atoms. The van der Waals surface area contributed by atoms with Crippen LogP contribution in [0.15, 0.2) is 24.8 Å². The molecule has 0 heterocycles. The molecule has 0 fully saturated rings. The van der Waals surface area contributed by atoms with Crippen molar-refractivity contribution < 1.29 is 5.06 Å². The lowest BCUT2D eigenvalue weighted by molar-refractivity contribution is -0.751. The van der Waals surface area contributed by atoms with Gasteiger partial charge in [-0.1, -0.05) is 12.6 Å². The number of quaternary nitrogens is 1. The van der Waals surface area contributed by atoms with Gasteiger partial charge in [0.1, 0.15) is 5.69 Å². The summed E-state index contributed by atoms with van der Waals surface area (Å²) in [7, 11) is 1.58. The average molecular weight is 177 g/mol. The molecule has 1 aromatic rings. The fourth-order valence-electron chi connectivity index (χ4n) is 1.32. The molecule has 1 atom stereocenters. The Morgan fingerprint density at radius 3 is 2.54 bits per heavy atom. The predicted molar refractivity (Wildman–Crippen MR) is 55.8 cm³/mol. The number of allylic oxidation sites excluding steroid dienone is 1. The molecule has 1 rings (SSSR count). The van der Waals surface area contributed by atoms with Crippen LogP contribution >= 0.6 is 0 Å². The molecule has 0 aliphatic carbocycles. The van der Waals surface area contributed by atoms with E-state index in [4.69, 9.17) is 0 Å². The molecule has 1 aromatic carbocycles. The van der Waals surface area contributed by atoms with Crippen LogP contribution in [0.25, 0.3) is 5.57 Å². The van der Waals surface area contributed by atoms with E-state index in [0.29, 0.717) is 0 Å². The van der Waals surface area contributed by atoms with Crippen molar-refractivity contribution in [1.82, 2.24) is 0 Å². The zero-order valence-electron chi connectivity index (χ0n) is 8.35. The monoisotopic (exact) mass is 177 g/mol. The molecule has 0 aromatic heterocycles. The highest BCUT2D eigenvalue weighted by Crippen LogP contribution is 2.20. The number of rotatable bonds is 2. The molecule has 70 valence electrons. The third kappa shape index (κ3) is 2.17. The van der Waals surface area contributed by atoms with Gasteiger partial charge in [-0.15, -0.1) is 0 Å². The highest BCUT2D eigenvalue weighted by molar-refractivity contribution is 5.70. The largest absolute Gasteiger partial charge is 0.629 e. The maximum Gasteiger partial charge on any atom is 0.138 e. The molecule has 13 heavy (non-hydrogen) atoms. The van der Waals surface area contributed by atoms with Gasteiger partial charge in [-0.3, -0.25) is 0 Å². The van der Waals surface area contributed by atoms with Crippen molar-refractivity contribution in [3.05, 3.63) is 41.1 Å². The van der Waals surface area contributed by atoms with E-state index in [1.54, 1.807) is 7.05 Å². The van der Waals surface area contributed by atoms with E-state index in [9.17, 15) is 5.21 Å². The fraction of sp³-hybridized carbons (Fsp3) is 0.273. The molecular weight excluding hydrogens is 162 g/mol. The second kappa shape index (κ2) is 3.73. The maximum absolute atomic E-state index is 11.3. The van der Waals surface area contributed by atoms with Crippen LogP contribution in [0.4, 0.5) is 5.69 Å². The Labute approximate surface area is 79.1 Å². The van der Waals surface area contributed by atoms with Gasteiger partial charge in [0.15, 0.2) is 0 Å². The molecule has 0 radical (unpaired) electrons. The third-order valence-electron chi connectivity index (χ3n) is 2.01. The molecule has 0 aliphatic heterocycles. The number of nitrogens with one attached hydrogen (secondary N) is 1. The Bertz CT molecular complexity index is 329. The Balaban J connectivity index is 3.26. The lowest BCUT2D eigenvalue weighted by atomic mass is 10.0. The number of benzene rings is 1. The van der Waals surface area contributed by atoms with E-state index in [1.807, 2.05) is 32.0 Å². The van der Waals surface area contributed by atoms with Gasteiger partial charge in [0.2, 0.25) is 0 Å². The summed E-state index contributed by atoms with van der Waals surface area (Å²) in [5.74, 6) is 0. The maximum atomic E-state index is 11.3. The minimum atomic E-state index is 0.0988. The lowest BCUT2D eigenvalue weighted by Gasteiger charge is -2.19. The first-order chi connectivity index (χ1) is 6.02. The second-order valence-electron chi connectivity index (χ2n) is 3.39. The number of aryl methyl sites for hydroxylation is 1. The van der Waals surface area contributed by atoms with E-state index < -0.39 is 0 Å². The van der Waals surface area contributed by atoms with E-state index in [0.717, 1.165) is 22.4 Å². The van der Waals surface area contributed by atoms with Crippen LogP contribution < -0.4 is 5.06 Å². The highest BCUT2D eigenvalue weighted by Gasteiger charge is 2.07. The molecule has 0 spiro atoms. The molecule has 0 aliphatic rings. The van der Waals surface area contributed by atoms with Crippen LogP contribution in [0, 0.1) is 12.1 Å². The molecular formula is C11H15NO. The van der Waals surface area contributed by atoms with E-state index in [1.165, 1.54) is 0 Å². The van der Waals surface area contributed by atoms with Gasteiger partial charge < -0.3 is 10.3 Å². The Morgan fingerprint density at radius 1 is 1.46 bits per heavy atom. The van der Waals surface area contributed by atoms with E-state index in [2.05, 4.69) is 6.58 Å². The molecule has 1 unspecified atom stereocenters. The van der Waals surface area contributed by atoms with Crippen molar-refractivity contribution in [3.8, 4) is 0 Å². The van der Waals surface area contributed by atoms with Gasteiger partial charge in [-0.05, 0) is 31.1 Å². The summed E-state index contributed by atoms with van der Waals surface area (Å²) in [6.07, 6.45) is 0. The molecule has 0 saturated carbocycles. The van der Waals surface area contributed by atoms with Crippen molar-refractivity contribution in [2.24, 2.45) is 0 Å². The van der Waals surface area contributed by atoms with Gasteiger partial charge in [0.05, 0.1) is 7.05 Å². The summed E-state index contributed by atoms with van der Waals surface area (Å²) in [5, 5.41) is 11.4. The zero-order chi connectivity index (χ0) is 10.0. The fourth-order valence-corrected chi connectivity index (χ4v) is 1.32. The van der Waals surface area contributed by atoms with Crippen LogP contribution in [-0.2, 0) is 0 Å². The molecule has 0 amide bonds. The SMILES string of the molecule is C=C(C)c1ccc(C)cc1[NH+](C)[O-]. The van der Waals surface area contributed by atoms with Gasteiger partial charge in [0, 0.05) is 11.6 Å². The Hall–Kier alpha value is -1.12. The van der Waals surface area contributed by atoms with Gasteiger partial charge in [-0.25, -0.2) is 0 Å². The van der Waals surface area contributed by atoms with Gasteiger partial charge >= 0.3 is 0 Å². The van der Waals surface area contributed by atoms with Crippen LogP contribution in [0.1, 0.15) is 18.1 Å². The third-order valence-corrected chi connectivity index (χ3v) is 2.01. The summed E-state index contributed by atoms with van der Waals surface area (Å²) in [5.41, 5.74) is 3.77. The van der Waals surface area contributed by atoms with Crippen molar-refractivity contribution in [3.63, 3.8) is 0 Å². The topological polar surface area (TPSA) is 27.5 Å². The number of hydrogen-bond donors (Lipinski definition) is 1. The molecule has 0 saturated heterocycles. The van der Waals surface area contributed by atoms with Crippen molar-refractivity contribution in [2.45, 2.75) is 13.8 Å². The first-order valence-electron chi connectivity index (χ1n) is 4.30. The minimum absolute atomic E-state index is 0.0988. The molecule has 2 nitrogen and oxygen atoms in total. The summed E-state index contributed by atoms with van der Waals surface area (Å²) in [6, 6.07) is 5.86. The van der Waals surface area contributed by atoms with E-state index in [-0.39, 0.29) is 5.06 Å². The van der Waals surface area contributed by atoms with Crippen LogP contribution in [-0.4, -0.2) is 7.05 Å². The normalized spacial score (nSPS) is 12.6. The highest BCUT2D eigenvalue weighted by atomic mass is 16.5. The van der Waals surface area contributed by atoms with Gasteiger partial charge in [0.25, 0.3) is 0 Å². The molecule has 1 N–H and O–H groups in total. The average Bonchev–Trinajstić information content (AvgIpc) is 2.03. The Morgan fingerprint density at radius 2 is 2.08 bits per heavy atom. The summed E-state index contributed by atoms with van der Waals surface area (Å²) >= 11 is 0. The molecule has 2 heteroatoms. The zero-order valence-corrected chi connectivity index (χ0v) is 8.35. The van der Waals surface area contributed by atoms with Crippen LogP contribution in [0.5, 0.6) is 0 Å². The van der Waals surface area contributed by atoms with Crippen molar-refractivity contribution in [2.75, 3.05) is 7.05 Å². The quantitative estimate of drug-likeness (QED) is 0.684. The number of hydrogen-bond acceptors (Lipinski definition) is 1. The van der Waals surface area contributed by atoms with Crippen molar-refractivity contribution >= 4 is 11.3 Å². The lowest BCUT2D eigenvalue weighted by Crippen LogP contribution is -2.98. The second-order valence-corrected chi connectivity index (χ2v) is 3.39. The summed E-state index contributed by atoms with van der Waals surface area (Å²) < 4.78 is 0. The Kier molecular flexibility index (Phi) is 2.86. The summed E-state index contributed by atoms with van der Waals surface area (Å²) in [4.78, 5) is 0. The smallest absolute Gasteiger partial charge is 0.138 e. The minimum Gasteiger partial charge on any atom is -0.629 e. The van der Waals surface area contributed by atoms with Crippen molar-refractivity contribution in [1.29, 1.82) is 0 Å². The van der Waals surface area contributed by atoms with Crippen LogP contribution in [0.2, 0.25) is 0 Å². The van der Waals surface area contributed by atoms with E-state index >= 15 is 0 Å². The first-order valence-corrected chi connectivity index (χ1v) is 4.30. The standard InChI is InChI=1S/C11H15NO/c1-8(2)10-6-5-9(3)7-11(10)12(4)13/h5-7,12H,1H2,2-4H3. The van der Waals surface area contributed by atoms with Crippen LogP contribution in [0.3, 0.4) is 0 Å². The summed E-state index contributed by atoms with van der Waals surface area (Å²) in [6.45, 7) is 7.74.